The van der Waals surface area contributed by atoms with E-state index in [-0.39, 0.29) is 30.1 Å². The third-order valence-corrected chi connectivity index (χ3v) is 3.34. The van der Waals surface area contributed by atoms with Gasteiger partial charge in [0.2, 0.25) is 0 Å². The number of fused-ring (bicyclic) bond motifs is 1. The number of hydrogen-bond donors (Lipinski definition) is 2. The third kappa shape index (κ3) is 4.79. The molecular weight excluding hydrogens is 350 g/mol. The lowest BCUT2D eigenvalue weighted by Crippen LogP contribution is -2.32. The van der Waals surface area contributed by atoms with Gasteiger partial charge in [0.25, 0.3) is 5.56 Å². The summed E-state index contributed by atoms with van der Waals surface area (Å²) in [5.41, 5.74) is -1.30. The van der Waals surface area contributed by atoms with E-state index in [1.807, 2.05) is 0 Å². The lowest BCUT2D eigenvalue weighted by atomic mass is 10.2. The van der Waals surface area contributed by atoms with Crippen LogP contribution in [0.3, 0.4) is 0 Å². The zero-order valence-electron chi connectivity index (χ0n) is 15.9. The molecule has 9 heteroatoms. The normalized spacial score (nSPS) is 10.6. The Morgan fingerprint density at radius 2 is 2.00 bits per heavy atom. The minimum atomic E-state index is -0.601. The van der Waals surface area contributed by atoms with E-state index in [4.69, 9.17) is 4.74 Å². The number of hydrogen-bond acceptors (Lipinski definition) is 5. The van der Waals surface area contributed by atoms with Gasteiger partial charge in [-0.1, -0.05) is 11.8 Å². The number of amides is 1. The number of alkyl carbamates (subject to hydrolysis) is 1. The molecule has 0 saturated heterocycles. The molecular formula is C18H21N5O4. The summed E-state index contributed by atoms with van der Waals surface area (Å²) in [7, 11) is 1.50. The predicted molar refractivity (Wildman–Crippen MR) is 100 cm³/mol. The van der Waals surface area contributed by atoms with Gasteiger partial charge in [-0.3, -0.25) is 18.9 Å². The molecule has 0 aliphatic rings. The van der Waals surface area contributed by atoms with Gasteiger partial charge in [-0.25, -0.2) is 14.6 Å². The molecule has 1 amide bonds. The van der Waals surface area contributed by atoms with Crippen molar-refractivity contribution in [3.63, 3.8) is 0 Å². The van der Waals surface area contributed by atoms with E-state index in [1.54, 1.807) is 27.7 Å². The van der Waals surface area contributed by atoms with Crippen molar-refractivity contribution >= 4 is 17.3 Å². The van der Waals surface area contributed by atoms with Crippen LogP contribution in [0, 0.1) is 23.7 Å². The van der Waals surface area contributed by atoms with Crippen molar-refractivity contribution in [3.8, 4) is 23.7 Å². The van der Waals surface area contributed by atoms with Crippen LogP contribution in [0.25, 0.3) is 11.2 Å². The lowest BCUT2D eigenvalue weighted by molar-refractivity contribution is 0.0535. The number of nitrogens with one attached hydrogen (secondary N) is 2. The van der Waals surface area contributed by atoms with Crippen LogP contribution in [0.5, 0.6) is 0 Å². The van der Waals surface area contributed by atoms with Gasteiger partial charge >= 0.3 is 11.8 Å². The third-order valence-electron chi connectivity index (χ3n) is 3.34. The highest BCUT2D eigenvalue weighted by Gasteiger charge is 2.16. The topological polar surface area (TPSA) is 111 Å². The van der Waals surface area contributed by atoms with E-state index < -0.39 is 22.9 Å². The first-order valence-corrected chi connectivity index (χ1v) is 8.19. The number of imidazole rings is 1. The zero-order chi connectivity index (χ0) is 20.2. The molecule has 0 bridgehead atoms. The fourth-order valence-corrected chi connectivity index (χ4v) is 2.20. The fraction of sp³-hybridized carbons (Fsp3) is 0.444. The number of rotatable bonds is 2. The van der Waals surface area contributed by atoms with E-state index in [0.29, 0.717) is 0 Å². The molecule has 0 atom stereocenters. The summed E-state index contributed by atoms with van der Waals surface area (Å²) in [6, 6.07) is 0. The predicted octanol–water partition coefficient (Wildman–Crippen LogP) is 0.323. The Balaban J connectivity index is 2.36. The van der Waals surface area contributed by atoms with Crippen molar-refractivity contribution in [1.29, 1.82) is 0 Å². The quantitative estimate of drug-likeness (QED) is 0.739. The molecule has 0 aliphatic heterocycles. The fourth-order valence-electron chi connectivity index (χ4n) is 2.20. The smallest absolute Gasteiger partial charge is 0.408 e. The molecule has 2 aromatic heterocycles. The first kappa shape index (κ1) is 19.9. The van der Waals surface area contributed by atoms with Gasteiger partial charge in [-0.05, 0) is 33.6 Å². The van der Waals surface area contributed by atoms with Crippen LogP contribution in [0.1, 0.15) is 33.5 Å². The molecule has 0 saturated carbocycles. The van der Waals surface area contributed by atoms with Gasteiger partial charge in [-0.2, -0.15) is 0 Å². The zero-order valence-corrected chi connectivity index (χ0v) is 15.9. The Labute approximate surface area is 155 Å². The van der Waals surface area contributed by atoms with Crippen LogP contribution in [-0.2, 0) is 18.3 Å². The van der Waals surface area contributed by atoms with Crippen molar-refractivity contribution < 1.29 is 9.53 Å². The highest BCUT2D eigenvalue weighted by atomic mass is 16.6. The Hall–Kier alpha value is -3.46. The summed E-state index contributed by atoms with van der Waals surface area (Å²) in [4.78, 5) is 42.1. The van der Waals surface area contributed by atoms with Crippen molar-refractivity contribution in [1.82, 2.24) is 24.4 Å². The van der Waals surface area contributed by atoms with Gasteiger partial charge in [0.1, 0.15) is 5.60 Å². The second-order valence-corrected chi connectivity index (χ2v) is 6.60. The summed E-state index contributed by atoms with van der Waals surface area (Å²) in [6.07, 6.45) is -0.582. The Morgan fingerprint density at radius 1 is 1.30 bits per heavy atom. The van der Waals surface area contributed by atoms with Gasteiger partial charge in [0.15, 0.2) is 17.0 Å². The first-order valence-electron chi connectivity index (χ1n) is 8.19. The number of aryl methyl sites for hydroxylation is 1. The van der Waals surface area contributed by atoms with Gasteiger partial charge < -0.3 is 10.1 Å². The number of nitrogens with zero attached hydrogens (tertiary/aromatic N) is 3. The number of aromatic amines is 1. The number of carbonyl (C=O) groups excluding carboxylic acids is 1. The number of carbonyl (C=O) groups is 1. The SMILES string of the molecule is CC#CCn1c(C#CCNC(=O)OC(C)(C)C)nc2c1c(=O)[nH]c(=O)n2C. The number of H-pyrrole nitrogens is 1. The number of aromatic nitrogens is 4. The van der Waals surface area contributed by atoms with Crippen molar-refractivity contribution in [2.45, 2.75) is 39.8 Å². The second kappa shape index (κ2) is 7.83. The molecule has 0 radical (unpaired) electrons. The van der Waals surface area contributed by atoms with Gasteiger partial charge in [0, 0.05) is 7.05 Å². The second-order valence-electron chi connectivity index (χ2n) is 6.60. The van der Waals surface area contributed by atoms with E-state index in [2.05, 4.69) is 39.0 Å². The largest absolute Gasteiger partial charge is 0.444 e. The molecule has 0 spiro atoms. The Bertz CT molecular complexity index is 1110. The molecule has 9 nitrogen and oxygen atoms in total. The summed E-state index contributed by atoms with van der Waals surface area (Å²) in [5, 5.41) is 2.51. The van der Waals surface area contributed by atoms with Crippen LogP contribution in [0.15, 0.2) is 9.59 Å². The van der Waals surface area contributed by atoms with Crippen molar-refractivity contribution in [2.75, 3.05) is 6.54 Å². The maximum Gasteiger partial charge on any atom is 0.408 e. The molecule has 142 valence electrons. The highest BCUT2D eigenvalue weighted by Crippen LogP contribution is 2.09. The van der Waals surface area contributed by atoms with Crippen LogP contribution in [-0.4, -0.2) is 37.3 Å². The molecule has 0 aliphatic carbocycles. The molecule has 2 N–H and O–H groups in total. The monoisotopic (exact) mass is 371 g/mol. The van der Waals surface area contributed by atoms with E-state index in [9.17, 15) is 14.4 Å². The minimum absolute atomic E-state index is 0.0346. The average Bonchev–Trinajstić information content (AvgIpc) is 2.92. The number of ether oxygens (including phenoxy) is 1. The maximum atomic E-state index is 12.2. The summed E-state index contributed by atoms with van der Waals surface area (Å²) in [6.45, 7) is 7.19. The van der Waals surface area contributed by atoms with Crippen LogP contribution >= 0.6 is 0 Å². The molecule has 2 rings (SSSR count). The maximum absolute atomic E-state index is 12.2. The van der Waals surface area contributed by atoms with E-state index in [0.717, 1.165) is 0 Å². The molecule has 2 heterocycles. The standard InChI is InChI=1S/C18H21N5O4/c1-6-7-11-23-12(9-8-10-19-17(26)27-18(2,3)4)20-14-13(23)15(24)21-16(25)22(14)5/h10-11H2,1-5H3,(H,19,26)(H,21,24,25). The van der Waals surface area contributed by atoms with Crippen molar-refractivity contribution in [3.05, 3.63) is 26.7 Å². The summed E-state index contributed by atoms with van der Waals surface area (Å²) >= 11 is 0. The summed E-state index contributed by atoms with van der Waals surface area (Å²) < 4.78 is 7.88. The lowest BCUT2D eigenvalue weighted by Gasteiger charge is -2.18. The Morgan fingerprint density at radius 3 is 2.63 bits per heavy atom. The first-order chi connectivity index (χ1) is 12.6. The average molecular weight is 371 g/mol. The van der Waals surface area contributed by atoms with Crippen molar-refractivity contribution in [2.24, 2.45) is 7.05 Å². The van der Waals surface area contributed by atoms with Crippen LogP contribution in [0.4, 0.5) is 4.79 Å². The van der Waals surface area contributed by atoms with Gasteiger partial charge in [-0.15, -0.1) is 5.92 Å². The minimum Gasteiger partial charge on any atom is -0.444 e. The Kier molecular flexibility index (Phi) is 5.76. The van der Waals surface area contributed by atoms with Gasteiger partial charge in [0.05, 0.1) is 13.1 Å². The van der Waals surface area contributed by atoms with Crippen LogP contribution in [0.2, 0.25) is 0 Å². The van der Waals surface area contributed by atoms with Crippen LogP contribution < -0.4 is 16.6 Å². The molecule has 0 unspecified atom stereocenters. The molecule has 0 fully saturated rings. The van der Waals surface area contributed by atoms with E-state index >= 15 is 0 Å². The van der Waals surface area contributed by atoms with E-state index in [1.165, 1.54) is 16.2 Å². The highest BCUT2D eigenvalue weighted by molar-refractivity contribution is 5.72. The summed E-state index contributed by atoms with van der Waals surface area (Å²) in [5.74, 6) is 11.4. The molecule has 0 aromatic carbocycles. The molecule has 2 aromatic rings. The molecule has 27 heavy (non-hydrogen) atoms.